The molecule has 16 heavy (non-hydrogen) atoms. The Hall–Kier alpha value is -1.07. The lowest BCUT2D eigenvalue weighted by Crippen LogP contribution is -2.26. The molecule has 0 aromatic heterocycles. The zero-order chi connectivity index (χ0) is 12.2. The Morgan fingerprint density at radius 1 is 1.31 bits per heavy atom. The van der Waals surface area contributed by atoms with Gasteiger partial charge in [0.1, 0.15) is 0 Å². The molecule has 1 atom stereocenters. The molecule has 6 heteroatoms. The summed E-state index contributed by atoms with van der Waals surface area (Å²) in [4.78, 5) is 10.6. The molecule has 0 bridgehead atoms. The number of carboxylic acid groups (broad SMARTS) is 1. The number of sulfone groups is 1. The minimum atomic E-state index is -3.66. The van der Waals surface area contributed by atoms with E-state index in [0.29, 0.717) is 0 Å². The van der Waals surface area contributed by atoms with Crippen molar-refractivity contribution in [3.8, 4) is 0 Å². The Bertz CT molecular complexity index is 455. The van der Waals surface area contributed by atoms with Gasteiger partial charge in [-0.15, -0.1) is 11.6 Å². The number of alkyl halides is 1. The Morgan fingerprint density at radius 2 is 1.88 bits per heavy atom. The van der Waals surface area contributed by atoms with Gasteiger partial charge in [0.2, 0.25) is 0 Å². The highest BCUT2D eigenvalue weighted by Crippen LogP contribution is 2.19. The van der Waals surface area contributed by atoms with Crippen LogP contribution < -0.4 is 0 Å². The second kappa shape index (κ2) is 5.32. The van der Waals surface area contributed by atoms with Gasteiger partial charge in [-0.3, -0.25) is 4.79 Å². The quantitative estimate of drug-likeness (QED) is 0.817. The van der Waals surface area contributed by atoms with Crippen molar-refractivity contribution >= 4 is 27.4 Å². The van der Waals surface area contributed by atoms with Crippen LogP contribution in [0.25, 0.3) is 0 Å². The van der Waals surface area contributed by atoms with Crippen molar-refractivity contribution in [2.24, 2.45) is 0 Å². The van der Waals surface area contributed by atoms with E-state index in [1.165, 1.54) is 12.1 Å². The van der Waals surface area contributed by atoms with Crippen LogP contribution in [0.15, 0.2) is 35.2 Å². The molecular weight excluding hydrogens is 252 g/mol. The van der Waals surface area contributed by atoms with Crippen LogP contribution in [-0.4, -0.2) is 30.6 Å². The van der Waals surface area contributed by atoms with Gasteiger partial charge in [-0.25, -0.2) is 8.42 Å². The van der Waals surface area contributed by atoms with Crippen molar-refractivity contribution in [2.75, 3.05) is 5.88 Å². The Balaban J connectivity index is 3.05. The number of aliphatic carboxylic acids is 1. The summed E-state index contributed by atoms with van der Waals surface area (Å²) in [6.07, 6.45) is -0.485. The molecule has 0 saturated heterocycles. The molecular formula is C10H11ClO4S. The molecule has 1 rings (SSSR count). The highest BCUT2D eigenvalue weighted by atomic mass is 35.5. The minimum Gasteiger partial charge on any atom is -0.481 e. The number of halogens is 1. The predicted molar refractivity (Wildman–Crippen MR) is 60.4 cm³/mol. The lowest BCUT2D eigenvalue weighted by molar-refractivity contribution is -0.136. The van der Waals surface area contributed by atoms with Crippen molar-refractivity contribution in [1.29, 1.82) is 0 Å². The normalized spacial score (nSPS) is 13.3. The van der Waals surface area contributed by atoms with E-state index >= 15 is 0 Å². The first-order valence-corrected chi connectivity index (χ1v) is 6.63. The minimum absolute atomic E-state index is 0.0990. The van der Waals surface area contributed by atoms with Crippen LogP contribution in [0.2, 0.25) is 0 Å². The van der Waals surface area contributed by atoms with Gasteiger partial charge in [0.15, 0.2) is 9.84 Å². The maximum atomic E-state index is 12.0. The summed E-state index contributed by atoms with van der Waals surface area (Å²) < 4.78 is 23.9. The monoisotopic (exact) mass is 262 g/mol. The van der Waals surface area contributed by atoms with E-state index in [4.69, 9.17) is 16.7 Å². The molecule has 1 N–H and O–H groups in total. The zero-order valence-corrected chi connectivity index (χ0v) is 9.91. The molecule has 1 aromatic rings. The summed E-state index contributed by atoms with van der Waals surface area (Å²) in [5, 5.41) is 7.51. The lowest BCUT2D eigenvalue weighted by Gasteiger charge is -2.12. The van der Waals surface area contributed by atoms with E-state index in [9.17, 15) is 13.2 Å². The SMILES string of the molecule is O=C(O)CC(CCl)S(=O)(=O)c1ccccc1. The van der Waals surface area contributed by atoms with Gasteiger partial charge in [-0.05, 0) is 12.1 Å². The third-order valence-corrected chi connectivity index (χ3v) is 4.78. The molecule has 1 unspecified atom stereocenters. The number of hydrogen-bond donors (Lipinski definition) is 1. The maximum Gasteiger partial charge on any atom is 0.304 e. The number of hydrogen-bond acceptors (Lipinski definition) is 3. The van der Waals surface area contributed by atoms with Gasteiger partial charge in [-0.1, -0.05) is 18.2 Å². The van der Waals surface area contributed by atoms with E-state index in [2.05, 4.69) is 0 Å². The first kappa shape index (κ1) is 13.0. The summed E-state index contributed by atoms with van der Waals surface area (Å²) in [5.74, 6) is -1.41. The summed E-state index contributed by atoms with van der Waals surface area (Å²) >= 11 is 5.50. The Morgan fingerprint density at radius 3 is 2.31 bits per heavy atom. The van der Waals surface area contributed by atoms with Crippen LogP contribution in [-0.2, 0) is 14.6 Å². The van der Waals surface area contributed by atoms with Crippen molar-refractivity contribution in [3.63, 3.8) is 0 Å². The third-order valence-electron chi connectivity index (χ3n) is 2.08. The molecule has 0 fully saturated rings. The van der Waals surface area contributed by atoms with E-state index in [1.807, 2.05) is 0 Å². The molecule has 88 valence electrons. The van der Waals surface area contributed by atoms with Gasteiger partial charge in [0.05, 0.1) is 16.6 Å². The molecule has 0 aliphatic rings. The summed E-state index contributed by atoms with van der Waals surface area (Å²) in [5.41, 5.74) is 0. The summed E-state index contributed by atoms with van der Waals surface area (Å²) in [7, 11) is -3.66. The van der Waals surface area contributed by atoms with E-state index in [0.717, 1.165) is 0 Å². The number of benzene rings is 1. The first-order valence-electron chi connectivity index (χ1n) is 4.55. The fraction of sp³-hybridized carbons (Fsp3) is 0.300. The topological polar surface area (TPSA) is 71.4 Å². The third kappa shape index (κ3) is 2.96. The molecule has 0 amide bonds. The molecule has 0 aliphatic heterocycles. The van der Waals surface area contributed by atoms with E-state index in [-0.39, 0.29) is 10.8 Å². The van der Waals surface area contributed by atoms with E-state index < -0.39 is 27.5 Å². The first-order chi connectivity index (χ1) is 7.48. The average Bonchev–Trinajstić information content (AvgIpc) is 2.26. The lowest BCUT2D eigenvalue weighted by atomic mass is 10.3. The molecule has 0 heterocycles. The van der Waals surface area contributed by atoms with Gasteiger partial charge in [0, 0.05) is 5.88 Å². The van der Waals surface area contributed by atoms with Crippen LogP contribution in [0.3, 0.4) is 0 Å². The highest BCUT2D eigenvalue weighted by Gasteiger charge is 2.28. The Kier molecular flexibility index (Phi) is 4.32. The van der Waals surface area contributed by atoms with Crippen LogP contribution >= 0.6 is 11.6 Å². The van der Waals surface area contributed by atoms with Gasteiger partial charge in [-0.2, -0.15) is 0 Å². The molecule has 0 spiro atoms. The fourth-order valence-corrected chi connectivity index (χ4v) is 3.30. The van der Waals surface area contributed by atoms with Crippen LogP contribution in [0, 0.1) is 0 Å². The largest absolute Gasteiger partial charge is 0.481 e. The zero-order valence-electron chi connectivity index (χ0n) is 8.34. The van der Waals surface area contributed by atoms with Gasteiger partial charge >= 0.3 is 5.97 Å². The second-order valence-electron chi connectivity index (χ2n) is 3.23. The molecule has 1 aromatic carbocycles. The predicted octanol–water partition coefficient (Wildman–Crippen LogP) is 1.54. The number of carbonyl (C=O) groups is 1. The van der Waals surface area contributed by atoms with E-state index in [1.54, 1.807) is 18.2 Å². The van der Waals surface area contributed by atoms with Crippen LogP contribution in [0.1, 0.15) is 6.42 Å². The number of rotatable bonds is 5. The maximum absolute atomic E-state index is 12.0. The van der Waals surface area contributed by atoms with Crippen molar-refractivity contribution in [2.45, 2.75) is 16.6 Å². The number of carboxylic acids is 1. The fourth-order valence-electron chi connectivity index (χ4n) is 1.24. The standard InChI is InChI=1S/C10H11ClO4S/c11-7-9(6-10(12)13)16(14,15)8-4-2-1-3-5-8/h1-5,9H,6-7H2,(H,12,13). The van der Waals surface area contributed by atoms with Gasteiger partial charge < -0.3 is 5.11 Å². The van der Waals surface area contributed by atoms with Crippen molar-refractivity contribution < 1.29 is 18.3 Å². The van der Waals surface area contributed by atoms with Crippen LogP contribution in [0.4, 0.5) is 0 Å². The van der Waals surface area contributed by atoms with Gasteiger partial charge in [0.25, 0.3) is 0 Å². The average molecular weight is 263 g/mol. The molecule has 0 radical (unpaired) electrons. The molecule has 4 nitrogen and oxygen atoms in total. The highest BCUT2D eigenvalue weighted by molar-refractivity contribution is 7.92. The van der Waals surface area contributed by atoms with Crippen molar-refractivity contribution in [1.82, 2.24) is 0 Å². The Labute approximate surface area is 98.8 Å². The second-order valence-corrected chi connectivity index (χ2v) is 5.77. The molecule has 0 aliphatic carbocycles. The van der Waals surface area contributed by atoms with Crippen LogP contribution in [0.5, 0.6) is 0 Å². The summed E-state index contributed by atoms with van der Waals surface area (Å²) in [6, 6.07) is 7.71. The van der Waals surface area contributed by atoms with Crippen molar-refractivity contribution in [3.05, 3.63) is 30.3 Å². The summed E-state index contributed by atoms with van der Waals surface area (Å²) in [6.45, 7) is 0. The molecule has 0 saturated carbocycles. The smallest absolute Gasteiger partial charge is 0.304 e.